The van der Waals surface area contributed by atoms with Gasteiger partial charge in [-0.25, -0.2) is 9.97 Å². The first-order valence-corrected chi connectivity index (χ1v) is 13.8. The minimum Gasteiger partial charge on any atom is -0.490 e. The Morgan fingerprint density at radius 2 is 1.52 bits per heavy atom. The van der Waals surface area contributed by atoms with E-state index in [9.17, 15) is 36.5 Å². The molecule has 0 amide bonds. The Bertz CT molecular complexity index is 1440. The number of piperazine rings is 1. The van der Waals surface area contributed by atoms with E-state index in [0.29, 0.717) is 63.4 Å². The topological polar surface area (TPSA) is 106 Å². The Morgan fingerprint density at radius 3 is 2.11 bits per heavy atom. The molecule has 5 rings (SSSR count). The first-order valence-electron chi connectivity index (χ1n) is 13.8. The minimum atomic E-state index is -4.84. The van der Waals surface area contributed by atoms with Crippen molar-refractivity contribution in [3.8, 4) is 11.5 Å². The summed E-state index contributed by atoms with van der Waals surface area (Å²) in [7, 11) is 0. The second kappa shape index (κ2) is 12.6. The molecule has 2 aromatic heterocycles. The minimum absolute atomic E-state index is 0.0990. The number of hydrogen-bond donors (Lipinski definition) is 1. The van der Waals surface area contributed by atoms with Crippen molar-refractivity contribution in [3.63, 3.8) is 0 Å². The maximum Gasteiger partial charge on any atom is 0.573 e. The van der Waals surface area contributed by atoms with Gasteiger partial charge in [-0.1, -0.05) is 0 Å². The van der Waals surface area contributed by atoms with Gasteiger partial charge in [-0.3, -0.25) is 10.1 Å². The number of benzene rings is 1. The Labute approximate surface area is 247 Å². The van der Waals surface area contributed by atoms with E-state index in [-0.39, 0.29) is 23.6 Å². The summed E-state index contributed by atoms with van der Waals surface area (Å²) in [6.45, 7) is 2.37. The molecule has 2 aliphatic rings. The predicted octanol–water partition coefficient (Wildman–Crippen LogP) is 6.43. The summed E-state index contributed by atoms with van der Waals surface area (Å²) in [4.78, 5) is 22.5. The fraction of sp³-hybridized carbons (Fsp3) is 0.429. The van der Waals surface area contributed by atoms with Crippen LogP contribution in [0.2, 0.25) is 0 Å². The standard InChI is InChI=1S/C28H28F6N6O4/c29-27(30,31)23-15-19(3-7-24(23)40(41)42)37-18-1-4-20(5-2-18)43-21-9-10-35-26(16-21)39-13-11-38(12-14-39)25-8-6-22(17-36-25)44-28(32,33)34/h3,6-10,15-18,20,37H,1-2,4-5,11-14H2/t18-,20-. The summed E-state index contributed by atoms with van der Waals surface area (Å²) >= 11 is 0. The third kappa shape index (κ3) is 7.90. The van der Waals surface area contributed by atoms with Crippen molar-refractivity contribution in [2.45, 2.75) is 50.4 Å². The molecule has 1 N–H and O–H groups in total. The summed E-state index contributed by atoms with van der Waals surface area (Å²) < 4.78 is 87.2. The number of nitrogens with one attached hydrogen (secondary N) is 1. The molecule has 0 atom stereocenters. The molecular weight excluding hydrogens is 598 g/mol. The van der Waals surface area contributed by atoms with E-state index in [1.807, 2.05) is 11.0 Å². The van der Waals surface area contributed by atoms with Gasteiger partial charge in [0, 0.05) is 56.2 Å². The van der Waals surface area contributed by atoms with Crippen molar-refractivity contribution in [3.05, 3.63) is 70.5 Å². The number of nitrogens with zero attached hydrogens (tertiary/aromatic N) is 5. The van der Waals surface area contributed by atoms with Crippen molar-refractivity contribution in [2.24, 2.45) is 0 Å². The van der Waals surface area contributed by atoms with Crippen molar-refractivity contribution in [1.29, 1.82) is 0 Å². The van der Waals surface area contributed by atoms with Crippen molar-refractivity contribution in [1.82, 2.24) is 9.97 Å². The van der Waals surface area contributed by atoms with Gasteiger partial charge in [-0.2, -0.15) is 13.2 Å². The highest BCUT2D eigenvalue weighted by Gasteiger charge is 2.38. The molecule has 10 nitrogen and oxygen atoms in total. The van der Waals surface area contributed by atoms with Crippen LogP contribution in [0, 0.1) is 10.1 Å². The molecule has 1 saturated heterocycles. The summed E-state index contributed by atoms with van der Waals surface area (Å²) in [5.41, 5.74) is -2.09. The molecule has 3 heterocycles. The van der Waals surface area contributed by atoms with E-state index < -0.39 is 28.7 Å². The average molecular weight is 627 g/mol. The monoisotopic (exact) mass is 626 g/mol. The molecule has 1 aliphatic carbocycles. The number of hydrogen-bond acceptors (Lipinski definition) is 9. The predicted molar refractivity (Wildman–Crippen MR) is 148 cm³/mol. The summed E-state index contributed by atoms with van der Waals surface area (Å²) in [6, 6.07) is 9.14. The maximum absolute atomic E-state index is 13.3. The third-order valence-electron chi connectivity index (χ3n) is 7.45. The lowest BCUT2D eigenvalue weighted by Crippen LogP contribution is -2.47. The first-order chi connectivity index (χ1) is 20.8. The zero-order valence-corrected chi connectivity index (χ0v) is 23.1. The van der Waals surface area contributed by atoms with Crippen LogP contribution in [-0.2, 0) is 6.18 Å². The molecule has 44 heavy (non-hydrogen) atoms. The molecule has 1 saturated carbocycles. The second-order valence-corrected chi connectivity index (χ2v) is 10.4. The molecule has 1 aromatic carbocycles. The lowest BCUT2D eigenvalue weighted by molar-refractivity contribution is -0.388. The number of ether oxygens (including phenoxy) is 2. The molecular formula is C28H28F6N6O4. The Morgan fingerprint density at radius 1 is 0.841 bits per heavy atom. The Balaban J connectivity index is 1.11. The third-order valence-corrected chi connectivity index (χ3v) is 7.45. The van der Waals surface area contributed by atoms with Gasteiger partial charge in [-0.15, -0.1) is 13.2 Å². The molecule has 0 spiro atoms. The number of anilines is 3. The highest BCUT2D eigenvalue weighted by Crippen LogP contribution is 2.38. The van der Waals surface area contributed by atoms with E-state index in [0.717, 1.165) is 24.1 Å². The van der Waals surface area contributed by atoms with Crippen LogP contribution in [0.15, 0.2) is 54.9 Å². The zero-order chi connectivity index (χ0) is 31.5. The maximum atomic E-state index is 13.3. The summed E-state index contributed by atoms with van der Waals surface area (Å²) in [5.74, 6) is 1.53. The van der Waals surface area contributed by atoms with Crippen LogP contribution < -0.4 is 24.6 Å². The number of halogens is 6. The van der Waals surface area contributed by atoms with E-state index in [4.69, 9.17) is 4.74 Å². The van der Waals surface area contributed by atoms with Crippen LogP contribution in [-0.4, -0.2) is 59.6 Å². The van der Waals surface area contributed by atoms with Crippen LogP contribution >= 0.6 is 0 Å². The van der Waals surface area contributed by atoms with Gasteiger partial charge in [0.1, 0.15) is 28.7 Å². The van der Waals surface area contributed by atoms with Crippen LogP contribution in [0.1, 0.15) is 31.2 Å². The molecule has 3 aromatic rings. The molecule has 2 fully saturated rings. The van der Waals surface area contributed by atoms with Crippen LogP contribution in [0.4, 0.5) is 49.4 Å². The number of rotatable bonds is 8. The summed E-state index contributed by atoms with van der Waals surface area (Å²) in [6.07, 6.45) is -4.43. The van der Waals surface area contributed by atoms with E-state index >= 15 is 0 Å². The largest absolute Gasteiger partial charge is 0.573 e. The quantitative estimate of drug-likeness (QED) is 0.172. The number of nitro benzene ring substituents is 1. The molecule has 0 bridgehead atoms. The van der Waals surface area contributed by atoms with Crippen molar-refractivity contribution < 1.29 is 40.7 Å². The van der Waals surface area contributed by atoms with E-state index in [2.05, 4.69) is 24.9 Å². The van der Waals surface area contributed by atoms with Crippen molar-refractivity contribution in [2.75, 3.05) is 41.3 Å². The van der Waals surface area contributed by atoms with Crippen LogP contribution in [0.5, 0.6) is 11.5 Å². The normalized spacial score (nSPS) is 19.4. The van der Waals surface area contributed by atoms with Crippen LogP contribution in [0.25, 0.3) is 0 Å². The first kappa shape index (κ1) is 30.9. The lowest BCUT2D eigenvalue weighted by atomic mass is 9.92. The number of pyridine rings is 2. The highest BCUT2D eigenvalue weighted by atomic mass is 19.4. The fourth-order valence-corrected chi connectivity index (χ4v) is 5.33. The van der Waals surface area contributed by atoms with Gasteiger partial charge < -0.3 is 24.6 Å². The van der Waals surface area contributed by atoms with Gasteiger partial charge >= 0.3 is 12.5 Å². The molecule has 1 aliphatic heterocycles. The summed E-state index contributed by atoms with van der Waals surface area (Å²) in [5, 5.41) is 14.1. The number of alkyl halides is 6. The van der Waals surface area contributed by atoms with Crippen LogP contribution in [0.3, 0.4) is 0 Å². The Kier molecular flexibility index (Phi) is 8.87. The SMILES string of the molecule is O=[N+]([O-])c1ccc(N[C@H]2CC[C@H](Oc3ccnc(N4CCN(c5ccc(OC(F)(F)F)cn5)CC4)c3)CC2)cc1C(F)(F)F. The zero-order valence-electron chi connectivity index (χ0n) is 23.1. The number of nitro groups is 1. The molecule has 0 unspecified atom stereocenters. The van der Waals surface area contributed by atoms with Gasteiger partial charge in [0.05, 0.1) is 17.2 Å². The van der Waals surface area contributed by atoms with E-state index in [1.165, 1.54) is 18.2 Å². The van der Waals surface area contributed by atoms with Gasteiger partial charge in [0.15, 0.2) is 0 Å². The highest BCUT2D eigenvalue weighted by molar-refractivity contribution is 5.55. The van der Waals surface area contributed by atoms with Gasteiger partial charge in [-0.05, 0) is 56.0 Å². The van der Waals surface area contributed by atoms with Gasteiger partial charge in [0.25, 0.3) is 5.69 Å². The smallest absolute Gasteiger partial charge is 0.490 e. The Hall–Kier alpha value is -4.50. The lowest BCUT2D eigenvalue weighted by Gasteiger charge is -2.36. The second-order valence-electron chi connectivity index (χ2n) is 10.4. The number of aromatic nitrogens is 2. The molecule has 16 heteroatoms. The van der Waals surface area contributed by atoms with E-state index in [1.54, 1.807) is 12.3 Å². The molecule has 236 valence electrons. The van der Waals surface area contributed by atoms with Gasteiger partial charge in [0.2, 0.25) is 0 Å². The average Bonchev–Trinajstić information content (AvgIpc) is 2.97. The molecule has 0 radical (unpaired) electrons. The van der Waals surface area contributed by atoms with Crippen molar-refractivity contribution >= 4 is 23.0 Å². The fourth-order valence-electron chi connectivity index (χ4n) is 5.33.